The molecule has 1 N–H and O–H groups in total. The van der Waals surface area contributed by atoms with Crippen molar-refractivity contribution in [3.05, 3.63) is 47.5 Å². The smallest absolute Gasteiger partial charge is 0.438 e. The van der Waals surface area contributed by atoms with E-state index in [0.29, 0.717) is 22.4 Å². The molecule has 0 radical (unpaired) electrons. The molecule has 0 spiro atoms. The van der Waals surface area contributed by atoms with E-state index < -0.39 is 23.8 Å². The monoisotopic (exact) mass is 362 g/mol. The first-order valence-electron chi connectivity index (χ1n) is 7.53. The summed E-state index contributed by atoms with van der Waals surface area (Å²) in [6.45, 7) is 3.41. The zero-order valence-corrected chi connectivity index (χ0v) is 13.8. The number of carbonyl (C=O) groups excluding carboxylic acids is 1. The number of nitriles is 1. The second-order valence-electron chi connectivity index (χ2n) is 6.19. The fourth-order valence-corrected chi connectivity index (χ4v) is 2.78. The van der Waals surface area contributed by atoms with Gasteiger partial charge in [-0.05, 0) is 55.3 Å². The number of anilines is 1. The summed E-state index contributed by atoms with van der Waals surface area (Å²) in [6, 6.07) is 10.5. The summed E-state index contributed by atoms with van der Waals surface area (Å²) in [4.78, 5) is 11.6. The number of benzene rings is 2. The van der Waals surface area contributed by atoms with Crippen molar-refractivity contribution in [3.63, 3.8) is 0 Å². The van der Waals surface area contributed by atoms with Crippen LogP contribution >= 0.6 is 0 Å². The van der Waals surface area contributed by atoms with Crippen LogP contribution in [0.25, 0.3) is 11.1 Å². The highest BCUT2D eigenvalue weighted by Gasteiger charge is 2.34. The highest BCUT2D eigenvalue weighted by atomic mass is 19.4. The summed E-state index contributed by atoms with van der Waals surface area (Å²) < 4.78 is 46.7. The standard InChI is InChI=1S/C18H13F3N2O3/c1-17(2)14-8-11(3-4-15(14)23-16(24)26-17)12-5-10(9-22)6-13(7-12)25-18(19,20)21/h3-8H,1-2H3,(H,23,24). The van der Waals surface area contributed by atoms with Crippen LogP contribution in [0.4, 0.5) is 23.7 Å². The first-order valence-corrected chi connectivity index (χ1v) is 7.53. The molecule has 1 heterocycles. The molecule has 0 unspecified atom stereocenters. The summed E-state index contributed by atoms with van der Waals surface area (Å²) in [5, 5.41) is 11.7. The van der Waals surface area contributed by atoms with Crippen LogP contribution in [0.2, 0.25) is 0 Å². The lowest BCUT2D eigenvalue weighted by molar-refractivity contribution is -0.274. The molecule has 1 aliphatic rings. The molecule has 1 aliphatic heterocycles. The molecular weight excluding hydrogens is 349 g/mol. The number of nitrogens with zero attached hydrogens (tertiary/aromatic N) is 1. The Morgan fingerprint density at radius 2 is 1.88 bits per heavy atom. The number of carbonyl (C=O) groups is 1. The van der Waals surface area contributed by atoms with Gasteiger partial charge in [0, 0.05) is 5.56 Å². The van der Waals surface area contributed by atoms with Crippen LogP contribution in [-0.2, 0) is 10.3 Å². The maximum atomic E-state index is 12.5. The van der Waals surface area contributed by atoms with Crippen molar-refractivity contribution < 1.29 is 27.4 Å². The molecule has 1 amide bonds. The lowest BCUT2D eigenvalue weighted by Gasteiger charge is -2.32. The molecule has 0 aliphatic carbocycles. The van der Waals surface area contributed by atoms with Crippen LogP contribution in [0, 0.1) is 11.3 Å². The molecule has 5 nitrogen and oxygen atoms in total. The largest absolute Gasteiger partial charge is 0.573 e. The molecule has 0 fully saturated rings. The van der Waals surface area contributed by atoms with E-state index >= 15 is 0 Å². The average molecular weight is 362 g/mol. The van der Waals surface area contributed by atoms with Gasteiger partial charge in [-0.1, -0.05) is 6.07 Å². The molecule has 0 aromatic heterocycles. The number of nitrogens with one attached hydrogen (secondary N) is 1. The van der Waals surface area contributed by atoms with E-state index in [1.807, 2.05) is 6.07 Å². The van der Waals surface area contributed by atoms with Gasteiger partial charge in [0.25, 0.3) is 0 Å². The van der Waals surface area contributed by atoms with Crippen molar-refractivity contribution in [2.45, 2.75) is 25.8 Å². The molecule has 2 aromatic rings. The Morgan fingerprint density at radius 1 is 1.15 bits per heavy atom. The normalized spacial score (nSPS) is 15.3. The van der Waals surface area contributed by atoms with Gasteiger partial charge in [-0.3, -0.25) is 5.32 Å². The highest BCUT2D eigenvalue weighted by Crippen LogP contribution is 2.39. The van der Waals surface area contributed by atoms with Crippen LogP contribution in [0.15, 0.2) is 36.4 Å². The minimum Gasteiger partial charge on any atom is -0.438 e. The number of amides is 1. The van der Waals surface area contributed by atoms with Crippen molar-refractivity contribution in [2.75, 3.05) is 5.32 Å². The second kappa shape index (κ2) is 5.95. The Morgan fingerprint density at radius 3 is 2.54 bits per heavy atom. The summed E-state index contributed by atoms with van der Waals surface area (Å²) in [7, 11) is 0. The predicted octanol–water partition coefficient (Wildman–Crippen LogP) is 4.92. The quantitative estimate of drug-likeness (QED) is 0.823. The Bertz CT molecular complexity index is 930. The molecule has 2 aromatic carbocycles. The van der Waals surface area contributed by atoms with Crippen LogP contribution < -0.4 is 10.1 Å². The third-order valence-electron chi connectivity index (χ3n) is 3.86. The van der Waals surface area contributed by atoms with Gasteiger partial charge in [0.15, 0.2) is 0 Å². The molecule has 0 bridgehead atoms. The lowest BCUT2D eigenvalue weighted by atomic mass is 9.91. The fourth-order valence-electron chi connectivity index (χ4n) is 2.78. The molecule has 0 saturated heterocycles. The topological polar surface area (TPSA) is 71.3 Å². The van der Waals surface area contributed by atoms with E-state index in [9.17, 15) is 18.0 Å². The van der Waals surface area contributed by atoms with Gasteiger partial charge in [-0.15, -0.1) is 13.2 Å². The summed E-state index contributed by atoms with van der Waals surface area (Å²) >= 11 is 0. The zero-order valence-electron chi connectivity index (χ0n) is 13.8. The third kappa shape index (κ3) is 3.57. The van der Waals surface area contributed by atoms with Crippen LogP contribution in [0.1, 0.15) is 25.0 Å². The Balaban J connectivity index is 2.09. The Hall–Kier alpha value is -3.21. The van der Waals surface area contributed by atoms with Crippen molar-refractivity contribution in [1.82, 2.24) is 0 Å². The number of hydrogen-bond donors (Lipinski definition) is 1. The minimum atomic E-state index is -4.86. The molecule has 134 valence electrons. The Kier molecular flexibility index (Phi) is 4.03. The van der Waals surface area contributed by atoms with Gasteiger partial charge in [-0.2, -0.15) is 5.26 Å². The lowest BCUT2D eigenvalue weighted by Crippen LogP contribution is -2.34. The van der Waals surface area contributed by atoms with Crippen molar-refractivity contribution >= 4 is 11.8 Å². The van der Waals surface area contributed by atoms with E-state index in [0.717, 1.165) is 6.07 Å². The maximum absolute atomic E-state index is 12.5. The number of alkyl halides is 3. The predicted molar refractivity (Wildman–Crippen MR) is 86.4 cm³/mol. The summed E-state index contributed by atoms with van der Waals surface area (Å²) in [5.41, 5.74) is 1.27. The highest BCUT2D eigenvalue weighted by molar-refractivity contribution is 5.89. The van der Waals surface area contributed by atoms with Gasteiger partial charge < -0.3 is 9.47 Å². The molecule has 0 atom stereocenters. The first-order chi connectivity index (χ1) is 12.1. The first kappa shape index (κ1) is 17.6. The van der Waals surface area contributed by atoms with Crippen LogP contribution in [0.3, 0.4) is 0 Å². The fraction of sp³-hybridized carbons (Fsp3) is 0.222. The Labute approximate surface area is 146 Å². The second-order valence-corrected chi connectivity index (χ2v) is 6.19. The third-order valence-corrected chi connectivity index (χ3v) is 3.86. The molecule has 26 heavy (non-hydrogen) atoms. The molecular formula is C18H13F3N2O3. The number of rotatable bonds is 2. The van der Waals surface area contributed by atoms with Gasteiger partial charge in [0.05, 0.1) is 17.3 Å². The van der Waals surface area contributed by atoms with Gasteiger partial charge in [0.1, 0.15) is 11.4 Å². The minimum absolute atomic E-state index is 0.0308. The zero-order chi connectivity index (χ0) is 19.1. The number of cyclic esters (lactones) is 1. The van der Waals surface area contributed by atoms with E-state index in [1.54, 1.807) is 32.0 Å². The maximum Gasteiger partial charge on any atom is 0.573 e. The van der Waals surface area contributed by atoms with Crippen LogP contribution in [0.5, 0.6) is 5.75 Å². The van der Waals surface area contributed by atoms with E-state index in [2.05, 4.69) is 10.1 Å². The molecule has 8 heteroatoms. The SMILES string of the molecule is CC1(C)OC(=O)Nc2ccc(-c3cc(C#N)cc(OC(F)(F)F)c3)cc21. The van der Waals surface area contributed by atoms with Crippen molar-refractivity contribution in [2.24, 2.45) is 0 Å². The van der Waals surface area contributed by atoms with E-state index in [4.69, 9.17) is 10.00 Å². The van der Waals surface area contributed by atoms with Crippen molar-refractivity contribution in [1.29, 1.82) is 5.26 Å². The van der Waals surface area contributed by atoms with Gasteiger partial charge in [0.2, 0.25) is 0 Å². The molecule has 3 rings (SSSR count). The number of hydrogen-bond acceptors (Lipinski definition) is 4. The average Bonchev–Trinajstić information content (AvgIpc) is 2.51. The van der Waals surface area contributed by atoms with Crippen LogP contribution in [-0.4, -0.2) is 12.5 Å². The number of halogens is 3. The number of fused-ring (bicyclic) bond motifs is 1. The van der Waals surface area contributed by atoms with Gasteiger partial charge >= 0.3 is 12.5 Å². The van der Waals surface area contributed by atoms with E-state index in [-0.39, 0.29) is 5.56 Å². The van der Waals surface area contributed by atoms with Crippen molar-refractivity contribution in [3.8, 4) is 22.9 Å². The van der Waals surface area contributed by atoms with E-state index in [1.165, 1.54) is 12.1 Å². The number of ether oxygens (including phenoxy) is 2. The summed E-state index contributed by atoms with van der Waals surface area (Å²) in [6.07, 6.45) is -5.44. The molecule has 0 saturated carbocycles. The summed E-state index contributed by atoms with van der Waals surface area (Å²) in [5.74, 6) is -0.479. The van der Waals surface area contributed by atoms with Gasteiger partial charge in [-0.25, -0.2) is 4.79 Å².